The summed E-state index contributed by atoms with van der Waals surface area (Å²) in [5, 5.41) is 8.63. The maximum Gasteiger partial charge on any atom is 0.180 e. The van der Waals surface area contributed by atoms with Gasteiger partial charge in [-0.15, -0.1) is 5.10 Å². The average Bonchev–Trinajstić information content (AvgIpc) is 3.07. The van der Waals surface area contributed by atoms with Crippen molar-refractivity contribution >= 4 is 23.1 Å². The van der Waals surface area contributed by atoms with Gasteiger partial charge in [-0.2, -0.15) is 5.10 Å². The highest BCUT2D eigenvalue weighted by atomic mass is 32.2. The van der Waals surface area contributed by atoms with Crippen molar-refractivity contribution in [1.82, 2.24) is 0 Å². The van der Waals surface area contributed by atoms with E-state index in [-0.39, 0.29) is 0 Å². The molecular formula is C20H19N3OS. The van der Waals surface area contributed by atoms with E-state index < -0.39 is 0 Å². The van der Waals surface area contributed by atoms with E-state index in [2.05, 4.69) is 22.3 Å². The fourth-order valence-electron chi connectivity index (χ4n) is 2.32. The van der Waals surface area contributed by atoms with Crippen LogP contribution in [0.3, 0.4) is 0 Å². The molecule has 0 aliphatic rings. The molecule has 25 heavy (non-hydrogen) atoms. The van der Waals surface area contributed by atoms with Crippen LogP contribution in [0.5, 0.6) is 0 Å². The minimum atomic E-state index is 0.437. The molecule has 126 valence electrons. The van der Waals surface area contributed by atoms with Crippen LogP contribution in [-0.2, 0) is 5.75 Å². The minimum Gasteiger partial charge on any atom is -0.461 e. The lowest BCUT2D eigenvalue weighted by Gasteiger charge is -2.02. The summed E-state index contributed by atoms with van der Waals surface area (Å²) in [5.41, 5.74) is 9.03. The van der Waals surface area contributed by atoms with Gasteiger partial charge in [-0.05, 0) is 24.6 Å². The van der Waals surface area contributed by atoms with Gasteiger partial charge < -0.3 is 10.2 Å². The van der Waals surface area contributed by atoms with Gasteiger partial charge in [0.1, 0.15) is 11.5 Å². The zero-order chi connectivity index (χ0) is 17.5. The van der Waals surface area contributed by atoms with Crippen LogP contribution >= 0.6 is 11.8 Å². The summed E-state index contributed by atoms with van der Waals surface area (Å²) in [6.45, 7) is 1.93. The summed E-state index contributed by atoms with van der Waals surface area (Å²) in [6.07, 6.45) is 1.70. The Bertz CT molecular complexity index is 885. The van der Waals surface area contributed by atoms with Crippen molar-refractivity contribution in [3.05, 3.63) is 83.6 Å². The number of thioether (sulfide) groups is 1. The third-order valence-electron chi connectivity index (χ3n) is 3.55. The van der Waals surface area contributed by atoms with Crippen molar-refractivity contribution in [2.24, 2.45) is 15.9 Å². The number of hydrogen-bond donors (Lipinski definition) is 1. The number of amidine groups is 1. The SMILES string of the molecule is Cc1ccc(-c2ccccc2C=NN=C(N)SCc2ccccc2)o1. The maximum atomic E-state index is 5.92. The van der Waals surface area contributed by atoms with Crippen molar-refractivity contribution in [3.63, 3.8) is 0 Å². The predicted molar refractivity (Wildman–Crippen MR) is 106 cm³/mol. The third-order valence-corrected chi connectivity index (χ3v) is 4.40. The van der Waals surface area contributed by atoms with E-state index in [0.29, 0.717) is 5.17 Å². The average molecular weight is 349 g/mol. The van der Waals surface area contributed by atoms with Gasteiger partial charge in [0, 0.05) is 16.9 Å². The summed E-state index contributed by atoms with van der Waals surface area (Å²) >= 11 is 1.46. The number of nitrogens with two attached hydrogens (primary N) is 1. The Labute approximate surface area is 151 Å². The molecule has 0 aliphatic heterocycles. The van der Waals surface area contributed by atoms with E-state index >= 15 is 0 Å². The van der Waals surface area contributed by atoms with Crippen LogP contribution in [0.25, 0.3) is 11.3 Å². The standard InChI is InChI=1S/C20H19N3OS/c1-15-11-12-19(24-15)18-10-6-5-9-17(18)13-22-23-20(21)25-14-16-7-3-2-4-8-16/h2-13H,14H2,1H3,(H2,21,23). The first-order valence-electron chi connectivity index (χ1n) is 7.91. The molecule has 0 bridgehead atoms. The maximum absolute atomic E-state index is 5.92. The first-order valence-corrected chi connectivity index (χ1v) is 8.90. The summed E-state index contributed by atoms with van der Waals surface area (Å²) in [7, 11) is 0. The van der Waals surface area contributed by atoms with Gasteiger partial charge in [0.15, 0.2) is 5.17 Å². The first-order chi connectivity index (χ1) is 12.2. The number of aryl methyl sites for hydroxylation is 1. The third kappa shape index (κ3) is 4.84. The van der Waals surface area contributed by atoms with Crippen LogP contribution in [0.15, 0.2) is 81.4 Å². The van der Waals surface area contributed by atoms with Gasteiger partial charge in [-0.1, -0.05) is 66.4 Å². The summed E-state index contributed by atoms with van der Waals surface area (Å²) in [6, 6.07) is 21.9. The topological polar surface area (TPSA) is 63.9 Å². The molecule has 3 rings (SSSR count). The van der Waals surface area contributed by atoms with E-state index in [1.807, 2.05) is 61.5 Å². The number of rotatable bonds is 5. The van der Waals surface area contributed by atoms with E-state index in [9.17, 15) is 0 Å². The first kappa shape index (κ1) is 17.0. The molecule has 4 nitrogen and oxygen atoms in total. The zero-order valence-corrected chi connectivity index (χ0v) is 14.7. The Kier molecular flexibility index (Phi) is 5.69. The lowest BCUT2D eigenvalue weighted by Crippen LogP contribution is -2.06. The van der Waals surface area contributed by atoms with Gasteiger partial charge in [-0.25, -0.2) is 0 Å². The molecule has 1 aromatic heterocycles. The Morgan fingerprint density at radius 3 is 2.56 bits per heavy atom. The molecule has 0 spiro atoms. The molecule has 0 atom stereocenters. The summed E-state index contributed by atoms with van der Waals surface area (Å²) < 4.78 is 5.70. The van der Waals surface area contributed by atoms with Crippen molar-refractivity contribution in [1.29, 1.82) is 0 Å². The molecule has 5 heteroatoms. The molecular weight excluding hydrogens is 330 g/mol. The lowest BCUT2D eigenvalue weighted by molar-refractivity contribution is 0.548. The van der Waals surface area contributed by atoms with E-state index in [1.165, 1.54) is 17.3 Å². The van der Waals surface area contributed by atoms with E-state index in [1.54, 1.807) is 6.21 Å². The molecule has 2 aromatic carbocycles. The molecule has 1 heterocycles. The minimum absolute atomic E-state index is 0.437. The molecule has 0 saturated carbocycles. The van der Waals surface area contributed by atoms with E-state index in [4.69, 9.17) is 10.2 Å². The van der Waals surface area contributed by atoms with Gasteiger partial charge in [0.05, 0.1) is 6.21 Å². The monoisotopic (exact) mass is 349 g/mol. The van der Waals surface area contributed by atoms with Gasteiger partial charge in [0.2, 0.25) is 0 Å². The van der Waals surface area contributed by atoms with Crippen LogP contribution in [-0.4, -0.2) is 11.4 Å². The van der Waals surface area contributed by atoms with Crippen LogP contribution in [0.4, 0.5) is 0 Å². The molecule has 0 radical (unpaired) electrons. The Morgan fingerprint density at radius 1 is 1.04 bits per heavy atom. The Balaban J connectivity index is 1.67. The van der Waals surface area contributed by atoms with Gasteiger partial charge in [0.25, 0.3) is 0 Å². The highest BCUT2D eigenvalue weighted by molar-refractivity contribution is 8.13. The summed E-state index contributed by atoms with van der Waals surface area (Å²) in [5.74, 6) is 2.46. The molecule has 0 fully saturated rings. The molecule has 0 unspecified atom stereocenters. The highest BCUT2D eigenvalue weighted by Gasteiger charge is 2.06. The fourth-order valence-corrected chi connectivity index (χ4v) is 2.93. The number of benzene rings is 2. The highest BCUT2D eigenvalue weighted by Crippen LogP contribution is 2.24. The smallest absolute Gasteiger partial charge is 0.180 e. The Morgan fingerprint density at radius 2 is 1.80 bits per heavy atom. The Hall–Kier alpha value is -2.79. The second kappa shape index (κ2) is 8.35. The van der Waals surface area contributed by atoms with E-state index in [0.717, 1.165) is 28.4 Å². The lowest BCUT2D eigenvalue weighted by atomic mass is 10.1. The normalized spacial score (nSPS) is 12.0. The predicted octanol–water partition coefficient (Wildman–Crippen LogP) is 4.84. The van der Waals surface area contributed by atoms with Crippen molar-refractivity contribution < 1.29 is 4.42 Å². The molecule has 0 amide bonds. The number of furan rings is 1. The van der Waals surface area contributed by atoms with Crippen LogP contribution in [0.2, 0.25) is 0 Å². The largest absolute Gasteiger partial charge is 0.461 e. The number of hydrogen-bond acceptors (Lipinski definition) is 4. The van der Waals surface area contributed by atoms with Crippen molar-refractivity contribution in [3.8, 4) is 11.3 Å². The molecule has 0 aliphatic carbocycles. The second-order valence-corrected chi connectivity index (χ2v) is 6.45. The fraction of sp³-hybridized carbons (Fsp3) is 0.100. The van der Waals surface area contributed by atoms with Crippen LogP contribution < -0.4 is 5.73 Å². The van der Waals surface area contributed by atoms with Gasteiger partial charge in [-0.3, -0.25) is 0 Å². The molecule has 2 N–H and O–H groups in total. The van der Waals surface area contributed by atoms with Crippen molar-refractivity contribution in [2.75, 3.05) is 0 Å². The molecule has 3 aromatic rings. The second-order valence-electron chi connectivity index (χ2n) is 5.45. The zero-order valence-electron chi connectivity index (χ0n) is 13.9. The van der Waals surface area contributed by atoms with Crippen LogP contribution in [0, 0.1) is 6.92 Å². The van der Waals surface area contributed by atoms with Crippen LogP contribution in [0.1, 0.15) is 16.9 Å². The van der Waals surface area contributed by atoms with Gasteiger partial charge >= 0.3 is 0 Å². The summed E-state index contributed by atoms with van der Waals surface area (Å²) in [4.78, 5) is 0. The van der Waals surface area contributed by atoms with Crippen molar-refractivity contribution in [2.45, 2.75) is 12.7 Å². The molecule has 0 saturated heterocycles. The quantitative estimate of drug-likeness (QED) is 0.407. The number of nitrogens with zero attached hydrogens (tertiary/aromatic N) is 2.